The number of anilines is 1. The van der Waals surface area contributed by atoms with E-state index in [1.807, 2.05) is 12.1 Å². The average molecular weight is 284 g/mol. The van der Waals surface area contributed by atoms with Crippen molar-refractivity contribution >= 4 is 15.5 Å². The maximum absolute atomic E-state index is 11.3. The molecule has 108 valence electrons. The zero-order valence-corrected chi connectivity index (χ0v) is 12.8. The second kappa shape index (κ2) is 7.50. The van der Waals surface area contributed by atoms with Gasteiger partial charge in [0.1, 0.15) is 0 Å². The molecule has 0 aliphatic rings. The topological polar surface area (TPSA) is 49.4 Å². The van der Waals surface area contributed by atoms with Crippen molar-refractivity contribution in [1.82, 2.24) is 4.90 Å². The highest BCUT2D eigenvalue weighted by atomic mass is 32.2. The van der Waals surface area contributed by atoms with Crippen LogP contribution in [0.4, 0.5) is 5.69 Å². The van der Waals surface area contributed by atoms with Crippen LogP contribution in [0.15, 0.2) is 29.2 Å². The van der Waals surface area contributed by atoms with Gasteiger partial charge in [-0.15, -0.1) is 0 Å². The molecule has 5 heteroatoms. The second-order valence-electron chi connectivity index (χ2n) is 4.66. The fraction of sp³-hybridized carbons (Fsp3) is 0.571. The number of hydrogen-bond donors (Lipinski definition) is 1. The van der Waals surface area contributed by atoms with Crippen LogP contribution in [0.3, 0.4) is 0 Å². The van der Waals surface area contributed by atoms with Gasteiger partial charge in [0.2, 0.25) is 0 Å². The summed E-state index contributed by atoms with van der Waals surface area (Å²) in [6.45, 7) is 8.38. The van der Waals surface area contributed by atoms with E-state index in [1.54, 1.807) is 12.1 Å². The van der Waals surface area contributed by atoms with E-state index in [0.29, 0.717) is 4.90 Å². The van der Waals surface area contributed by atoms with Gasteiger partial charge < -0.3 is 10.2 Å². The Balaban J connectivity index is 2.46. The number of nitrogens with zero attached hydrogens (tertiary/aromatic N) is 1. The van der Waals surface area contributed by atoms with Gasteiger partial charge in [-0.1, -0.05) is 13.8 Å². The molecule has 0 saturated carbocycles. The zero-order valence-electron chi connectivity index (χ0n) is 12.0. The molecule has 0 aromatic heterocycles. The molecule has 0 fully saturated rings. The van der Waals surface area contributed by atoms with Crippen molar-refractivity contribution in [3.8, 4) is 0 Å². The minimum atomic E-state index is -3.10. The lowest BCUT2D eigenvalue weighted by atomic mass is 10.3. The Morgan fingerprint density at radius 3 is 2.21 bits per heavy atom. The molecule has 0 spiro atoms. The van der Waals surface area contributed by atoms with Crippen LogP contribution < -0.4 is 5.32 Å². The molecule has 19 heavy (non-hydrogen) atoms. The van der Waals surface area contributed by atoms with Crippen LogP contribution in [-0.2, 0) is 9.84 Å². The third-order valence-corrected chi connectivity index (χ3v) is 4.16. The summed E-state index contributed by atoms with van der Waals surface area (Å²) in [6.07, 6.45) is 2.39. The van der Waals surface area contributed by atoms with Gasteiger partial charge in [-0.25, -0.2) is 8.42 Å². The van der Waals surface area contributed by atoms with Crippen molar-refractivity contribution in [3.05, 3.63) is 24.3 Å². The van der Waals surface area contributed by atoms with E-state index in [4.69, 9.17) is 0 Å². The average Bonchev–Trinajstić information content (AvgIpc) is 2.37. The Morgan fingerprint density at radius 2 is 1.74 bits per heavy atom. The van der Waals surface area contributed by atoms with E-state index < -0.39 is 9.84 Å². The largest absolute Gasteiger partial charge is 0.384 e. The zero-order chi connectivity index (χ0) is 14.3. The van der Waals surface area contributed by atoms with E-state index >= 15 is 0 Å². The predicted octanol–water partition coefficient (Wildman–Crippen LogP) is 2.23. The molecular weight excluding hydrogens is 260 g/mol. The number of likely N-dealkylation sites (N-methyl/N-ethyl adjacent to an activating group) is 1. The Hall–Kier alpha value is -1.07. The van der Waals surface area contributed by atoms with Crippen LogP contribution in [0.1, 0.15) is 20.3 Å². The molecule has 0 heterocycles. The summed E-state index contributed by atoms with van der Waals surface area (Å²) >= 11 is 0. The van der Waals surface area contributed by atoms with Crippen LogP contribution in [0.2, 0.25) is 0 Å². The number of rotatable bonds is 8. The fourth-order valence-corrected chi connectivity index (χ4v) is 2.55. The number of benzene rings is 1. The van der Waals surface area contributed by atoms with Gasteiger partial charge in [0.15, 0.2) is 9.84 Å². The maximum Gasteiger partial charge on any atom is 0.175 e. The summed E-state index contributed by atoms with van der Waals surface area (Å²) in [5.41, 5.74) is 0.958. The molecule has 0 saturated heterocycles. The number of nitrogens with one attached hydrogen (secondary N) is 1. The summed E-state index contributed by atoms with van der Waals surface area (Å²) in [7, 11) is -3.10. The van der Waals surface area contributed by atoms with E-state index in [9.17, 15) is 8.42 Å². The van der Waals surface area contributed by atoms with Gasteiger partial charge in [-0.3, -0.25) is 0 Å². The summed E-state index contributed by atoms with van der Waals surface area (Å²) < 4.78 is 22.7. The first-order valence-corrected chi connectivity index (χ1v) is 8.62. The molecule has 0 aliphatic carbocycles. The van der Waals surface area contributed by atoms with Crippen LogP contribution in [0.5, 0.6) is 0 Å². The maximum atomic E-state index is 11.3. The van der Waals surface area contributed by atoms with Gasteiger partial charge in [-0.05, 0) is 43.8 Å². The van der Waals surface area contributed by atoms with Crippen LogP contribution in [0.25, 0.3) is 0 Å². The van der Waals surface area contributed by atoms with E-state index in [-0.39, 0.29) is 0 Å². The number of sulfone groups is 1. The third-order valence-electron chi connectivity index (χ3n) is 3.03. The second-order valence-corrected chi connectivity index (χ2v) is 6.67. The Kier molecular flexibility index (Phi) is 6.31. The van der Waals surface area contributed by atoms with Gasteiger partial charge in [0.25, 0.3) is 0 Å². The molecular formula is C14H24N2O2S. The summed E-state index contributed by atoms with van der Waals surface area (Å²) in [5, 5.41) is 3.31. The van der Waals surface area contributed by atoms with E-state index in [0.717, 1.165) is 38.3 Å². The van der Waals surface area contributed by atoms with Crippen LogP contribution >= 0.6 is 0 Å². The minimum Gasteiger partial charge on any atom is -0.384 e. The highest BCUT2D eigenvalue weighted by molar-refractivity contribution is 7.90. The Bertz CT molecular complexity index is 469. The normalized spacial score (nSPS) is 11.8. The molecule has 0 atom stereocenters. The monoisotopic (exact) mass is 284 g/mol. The molecule has 1 aromatic rings. The number of hydrogen-bond acceptors (Lipinski definition) is 4. The van der Waals surface area contributed by atoms with E-state index in [1.165, 1.54) is 6.26 Å². The lowest BCUT2D eigenvalue weighted by Crippen LogP contribution is -2.29. The molecule has 0 amide bonds. The van der Waals surface area contributed by atoms with Crippen molar-refractivity contribution in [2.45, 2.75) is 25.2 Å². The van der Waals surface area contributed by atoms with Gasteiger partial charge in [0.05, 0.1) is 4.90 Å². The van der Waals surface area contributed by atoms with E-state index in [2.05, 4.69) is 24.1 Å². The third kappa shape index (κ3) is 5.61. The molecule has 1 rings (SSSR count). The fourth-order valence-electron chi connectivity index (χ4n) is 1.92. The molecule has 0 radical (unpaired) electrons. The molecule has 1 aromatic carbocycles. The van der Waals surface area contributed by atoms with Gasteiger partial charge >= 0.3 is 0 Å². The highest BCUT2D eigenvalue weighted by Crippen LogP contribution is 2.13. The van der Waals surface area contributed by atoms with Gasteiger partial charge in [0, 0.05) is 25.0 Å². The first-order chi connectivity index (χ1) is 8.97. The minimum absolute atomic E-state index is 0.360. The summed E-state index contributed by atoms with van der Waals surface area (Å²) in [4.78, 5) is 2.75. The van der Waals surface area contributed by atoms with Crippen LogP contribution in [-0.4, -0.2) is 45.8 Å². The van der Waals surface area contributed by atoms with Gasteiger partial charge in [-0.2, -0.15) is 0 Å². The lowest BCUT2D eigenvalue weighted by Gasteiger charge is -2.19. The molecule has 1 N–H and O–H groups in total. The van der Waals surface area contributed by atoms with Crippen molar-refractivity contribution in [1.29, 1.82) is 0 Å². The predicted molar refractivity (Wildman–Crippen MR) is 80.4 cm³/mol. The first-order valence-electron chi connectivity index (χ1n) is 6.73. The summed E-state index contributed by atoms with van der Waals surface area (Å²) in [5.74, 6) is 0. The van der Waals surface area contributed by atoms with Crippen molar-refractivity contribution < 1.29 is 8.42 Å². The van der Waals surface area contributed by atoms with Crippen molar-refractivity contribution in [2.75, 3.05) is 37.8 Å². The Morgan fingerprint density at radius 1 is 1.11 bits per heavy atom. The lowest BCUT2D eigenvalue weighted by molar-refractivity contribution is 0.300. The Labute approximate surface area is 116 Å². The first kappa shape index (κ1) is 16.0. The molecule has 0 bridgehead atoms. The SMILES string of the molecule is CCCN(CC)CCNc1ccc(S(C)(=O)=O)cc1. The quantitative estimate of drug-likeness (QED) is 0.795. The smallest absolute Gasteiger partial charge is 0.175 e. The standard InChI is InChI=1S/C14H24N2O2S/c1-4-11-16(5-2)12-10-15-13-6-8-14(9-7-13)19(3,17)18/h6-9,15H,4-5,10-12H2,1-3H3. The van der Waals surface area contributed by atoms with Crippen LogP contribution in [0, 0.1) is 0 Å². The molecule has 0 unspecified atom stereocenters. The van der Waals surface area contributed by atoms with Crippen molar-refractivity contribution in [3.63, 3.8) is 0 Å². The van der Waals surface area contributed by atoms with Crippen molar-refractivity contribution in [2.24, 2.45) is 0 Å². The highest BCUT2D eigenvalue weighted by Gasteiger charge is 2.06. The molecule has 4 nitrogen and oxygen atoms in total. The summed E-state index contributed by atoms with van der Waals surface area (Å²) in [6, 6.07) is 6.90. The molecule has 0 aliphatic heterocycles.